The molecule has 0 fully saturated rings. The summed E-state index contributed by atoms with van der Waals surface area (Å²) in [6.45, 7) is 10.3. The van der Waals surface area contributed by atoms with Crippen molar-refractivity contribution in [3.05, 3.63) is 33.4 Å². The molecule has 1 rings (SSSR count). The third-order valence-corrected chi connectivity index (χ3v) is 3.27. The monoisotopic (exact) mass is 294 g/mol. The Morgan fingerprint density at radius 2 is 1.86 bits per heavy atom. The highest BCUT2D eigenvalue weighted by atomic mass is 16.6. The minimum atomic E-state index is -0.638. The molecule has 116 valence electrons. The number of nitrogens with zero attached hydrogens (tertiary/aromatic N) is 2. The van der Waals surface area contributed by atoms with Gasteiger partial charge in [0, 0.05) is 11.6 Å². The van der Waals surface area contributed by atoms with Crippen LogP contribution in [0.2, 0.25) is 0 Å². The van der Waals surface area contributed by atoms with E-state index in [0.29, 0.717) is 0 Å². The Labute approximate surface area is 124 Å². The lowest BCUT2D eigenvalue weighted by molar-refractivity contribution is -0.386. The van der Waals surface area contributed by atoms with Gasteiger partial charge in [0.1, 0.15) is 0 Å². The minimum absolute atomic E-state index is 0.0431. The van der Waals surface area contributed by atoms with E-state index in [2.05, 4.69) is 25.9 Å². The van der Waals surface area contributed by atoms with Crippen molar-refractivity contribution < 1.29 is 15.2 Å². The Hall–Kier alpha value is -2.11. The van der Waals surface area contributed by atoms with Crippen LogP contribution >= 0.6 is 0 Å². The van der Waals surface area contributed by atoms with Crippen LogP contribution in [0.15, 0.2) is 17.3 Å². The zero-order chi connectivity index (χ0) is 16.4. The van der Waals surface area contributed by atoms with Crippen molar-refractivity contribution in [2.75, 3.05) is 0 Å². The number of hydrogen-bond acceptors (Lipinski definition) is 5. The number of phenols is 1. The molecule has 2 N–H and O–H groups in total. The molecule has 0 bridgehead atoms. The largest absolute Gasteiger partial charge is 0.502 e. The SMILES string of the molecule is CC(C)(C)CC(C)(C)c1cc(/C=N/O)c(O)c([N+](=O)[O-])c1. The highest BCUT2D eigenvalue weighted by Gasteiger charge is 2.30. The van der Waals surface area contributed by atoms with Crippen LogP contribution in [0.25, 0.3) is 0 Å². The van der Waals surface area contributed by atoms with E-state index in [9.17, 15) is 15.2 Å². The second-order valence-electron chi connectivity index (χ2n) is 7.06. The number of benzene rings is 1. The first-order valence-electron chi connectivity index (χ1n) is 6.67. The van der Waals surface area contributed by atoms with E-state index in [1.807, 2.05) is 13.8 Å². The topological polar surface area (TPSA) is 96.0 Å². The molecule has 0 saturated carbocycles. The van der Waals surface area contributed by atoms with E-state index in [4.69, 9.17) is 5.21 Å². The molecule has 0 spiro atoms. The molecule has 0 unspecified atom stereocenters. The van der Waals surface area contributed by atoms with E-state index >= 15 is 0 Å². The number of hydrogen-bond donors (Lipinski definition) is 2. The third-order valence-electron chi connectivity index (χ3n) is 3.27. The molecule has 1 aromatic carbocycles. The molecule has 0 atom stereocenters. The van der Waals surface area contributed by atoms with E-state index in [0.717, 1.165) is 18.2 Å². The van der Waals surface area contributed by atoms with Crippen LogP contribution in [-0.2, 0) is 5.41 Å². The third kappa shape index (κ3) is 4.18. The van der Waals surface area contributed by atoms with Crippen LogP contribution in [0.5, 0.6) is 5.75 Å². The van der Waals surface area contributed by atoms with Crippen molar-refractivity contribution in [2.45, 2.75) is 46.5 Å². The molecule has 0 amide bonds. The molecule has 0 heterocycles. The first kappa shape index (κ1) is 16.9. The van der Waals surface area contributed by atoms with Gasteiger partial charge in [-0.15, -0.1) is 0 Å². The lowest BCUT2D eigenvalue weighted by Gasteiger charge is -2.33. The zero-order valence-corrected chi connectivity index (χ0v) is 13.0. The van der Waals surface area contributed by atoms with Crippen LogP contribution in [-0.4, -0.2) is 21.5 Å². The average Bonchev–Trinajstić information content (AvgIpc) is 2.28. The lowest BCUT2D eigenvalue weighted by Crippen LogP contribution is -2.25. The smallest absolute Gasteiger partial charge is 0.311 e. The predicted octanol–water partition coefficient (Wildman–Crippen LogP) is 3.82. The molecule has 6 nitrogen and oxygen atoms in total. The summed E-state index contributed by atoms with van der Waals surface area (Å²) in [5.74, 6) is -0.492. The van der Waals surface area contributed by atoms with Gasteiger partial charge >= 0.3 is 5.69 Å². The van der Waals surface area contributed by atoms with Crippen molar-refractivity contribution in [3.63, 3.8) is 0 Å². The molecule has 0 radical (unpaired) electrons. The summed E-state index contributed by atoms with van der Waals surface area (Å²) < 4.78 is 0. The highest BCUT2D eigenvalue weighted by Crippen LogP contribution is 2.40. The molecule has 6 heteroatoms. The molecule has 0 aliphatic carbocycles. The van der Waals surface area contributed by atoms with Crippen molar-refractivity contribution in [2.24, 2.45) is 10.6 Å². The number of phenolic OH excluding ortho intramolecular Hbond substituents is 1. The van der Waals surface area contributed by atoms with Crippen LogP contribution in [0, 0.1) is 15.5 Å². The van der Waals surface area contributed by atoms with Crippen molar-refractivity contribution in [1.29, 1.82) is 0 Å². The van der Waals surface area contributed by atoms with E-state index in [1.54, 1.807) is 6.07 Å². The number of rotatable bonds is 4. The Morgan fingerprint density at radius 3 is 2.29 bits per heavy atom. The van der Waals surface area contributed by atoms with E-state index in [-0.39, 0.29) is 22.1 Å². The standard InChI is InChI=1S/C15H22N2O4/c1-14(2,3)9-15(4,5)11-6-10(8-16-19)13(18)12(7-11)17(20)21/h6-8,18-19H,9H2,1-5H3/b16-8+. The van der Waals surface area contributed by atoms with Gasteiger partial charge in [0.25, 0.3) is 0 Å². The van der Waals surface area contributed by atoms with Crippen molar-refractivity contribution >= 4 is 11.9 Å². The molecule has 0 aromatic heterocycles. The Kier molecular flexibility index (Phi) is 4.61. The Morgan fingerprint density at radius 1 is 1.29 bits per heavy atom. The number of nitro benzene ring substituents is 1. The number of oxime groups is 1. The first-order valence-corrected chi connectivity index (χ1v) is 6.67. The second kappa shape index (κ2) is 5.71. The van der Waals surface area contributed by atoms with Gasteiger partial charge in [-0.3, -0.25) is 10.1 Å². The van der Waals surface area contributed by atoms with E-state index < -0.39 is 10.7 Å². The minimum Gasteiger partial charge on any atom is -0.502 e. The molecule has 0 aliphatic heterocycles. The average molecular weight is 294 g/mol. The van der Waals surface area contributed by atoms with Crippen molar-refractivity contribution in [3.8, 4) is 5.75 Å². The van der Waals surface area contributed by atoms with Crippen LogP contribution in [0.4, 0.5) is 5.69 Å². The summed E-state index contributed by atoms with van der Waals surface area (Å²) in [4.78, 5) is 10.4. The molecule has 1 aromatic rings. The molecular weight excluding hydrogens is 272 g/mol. The second-order valence-corrected chi connectivity index (χ2v) is 7.06. The van der Waals surface area contributed by atoms with Crippen LogP contribution in [0.3, 0.4) is 0 Å². The summed E-state index contributed by atoms with van der Waals surface area (Å²) in [5.41, 5.74) is 0.181. The fraction of sp³-hybridized carbons (Fsp3) is 0.533. The number of nitro groups is 1. The van der Waals surface area contributed by atoms with Gasteiger partial charge in [-0.2, -0.15) is 0 Å². The normalized spacial score (nSPS) is 12.8. The van der Waals surface area contributed by atoms with Gasteiger partial charge < -0.3 is 10.3 Å². The summed E-state index contributed by atoms with van der Waals surface area (Å²) in [6.07, 6.45) is 1.80. The van der Waals surface area contributed by atoms with Gasteiger partial charge in [0.15, 0.2) is 0 Å². The van der Waals surface area contributed by atoms with Gasteiger partial charge in [-0.1, -0.05) is 39.8 Å². The first-order chi connectivity index (χ1) is 9.48. The fourth-order valence-electron chi connectivity index (χ4n) is 2.76. The predicted molar refractivity (Wildman–Crippen MR) is 81.2 cm³/mol. The highest BCUT2D eigenvalue weighted by molar-refractivity contribution is 5.85. The Bertz CT molecular complexity index is 572. The van der Waals surface area contributed by atoms with E-state index in [1.165, 1.54) is 6.07 Å². The Balaban J connectivity index is 3.46. The number of aromatic hydroxyl groups is 1. The summed E-state index contributed by atoms with van der Waals surface area (Å²) in [7, 11) is 0. The van der Waals surface area contributed by atoms with Crippen LogP contribution in [0.1, 0.15) is 52.2 Å². The molecular formula is C15H22N2O4. The lowest BCUT2D eigenvalue weighted by atomic mass is 9.72. The van der Waals surface area contributed by atoms with Crippen molar-refractivity contribution in [1.82, 2.24) is 0 Å². The van der Waals surface area contributed by atoms with Gasteiger partial charge in [-0.05, 0) is 28.9 Å². The summed E-state index contributed by atoms with van der Waals surface area (Å²) in [5, 5.41) is 32.4. The fourth-order valence-corrected chi connectivity index (χ4v) is 2.76. The molecule has 21 heavy (non-hydrogen) atoms. The molecule has 0 aliphatic rings. The maximum Gasteiger partial charge on any atom is 0.311 e. The van der Waals surface area contributed by atoms with Crippen LogP contribution < -0.4 is 0 Å². The zero-order valence-electron chi connectivity index (χ0n) is 13.0. The van der Waals surface area contributed by atoms with Gasteiger partial charge in [0.05, 0.1) is 11.1 Å². The summed E-state index contributed by atoms with van der Waals surface area (Å²) >= 11 is 0. The maximum atomic E-state index is 11.1. The molecule has 0 saturated heterocycles. The van der Waals surface area contributed by atoms with Gasteiger partial charge in [0.2, 0.25) is 5.75 Å². The van der Waals surface area contributed by atoms with Gasteiger partial charge in [-0.25, -0.2) is 0 Å². The maximum absolute atomic E-state index is 11.1. The quantitative estimate of drug-likeness (QED) is 0.382. The summed E-state index contributed by atoms with van der Waals surface area (Å²) in [6, 6.07) is 3.00.